The molecule has 0 aromatic heterocycles. The van der Waals surface area contributed by atoms with Crippen LogP contribution in [-0.4, -0.2) is 32.7 Å². The SMILES string of the molecule is CC1SCC(C(O)CC2Cc3ccccc32)SC1C. The van der Waals surface area contributed by atoms with Gasteiger partial charge in [-0.15, -0.1) is 0 Å². The van der Waals surface area contributed by atoms with Crippen LogP contribution in [0.15, 0.2) is 24.3 Å². The van der Waals surface area contributed by atoms with Crippen LogP contribution in [-0.2, 0) is 6.42 Å². The van der Waals surface area contributed by atoms with Crippen molar-refractivity contribution in [2.45, 2.75) is 54.5 Å². The van der Waals surface area contributed by atoms with Gasteiger partial charge in [0.2, 0.25) is 0 Å². The van der Waals surface area contributed by atoms with Crippen LogP contribution in [0, 0.1) is 0 Å². The van der Waals surface area contributed by atoms with Gasteiger partial charge in [-0.3, -0.25) is 0 Å². The van der Waals surface area contributed by atoms with Crippen LogP contribution in [0.1, 0.15) is 37.3 Å². The Hall–Kier alpha value is -0.120. The van der Waals surface area contributed by atoms with Gasteiger partial charge in [-0.2, -0.15) is 23.5 Å². The predicted molar refractivity (Wildman–Crippen MR) is 86.3 cm³/mol. The molecule has 1 saturated heterocycles. The highest BCUT2D eigenvalue weighted by Gasteiger charge is 2.34. The standard InChI is InChI=1S/C16H22OS2/c1-10-11(2)19-16(9-18-10)15(17)8-13-7-12-5-3-4-6-14(12)13/h3-6,10-11,13,15-17H,7-9H2,1-2H3. The molecule has 1 heterocycles. The van der Waals surface area contributed by atoms with Crippen molar-refractivity contribution in [3.05, 3.63) is 35.4 Å². The summed E-state index contributed by atoms with van der Waals surface area (Å²) in [6.07, 6.45) is 1.95. The first-order valence-electron chi connectivity index (χ1n) is 7.18. The maximum atomic E-state index is 10.5. The molecule has 1 aliphatic carbocycles. The molecule has 19 heavy (non-hydrogen) atoms. The van der Waals surface area contributed by atoms with E-state index in [2.05, 4.69) is 38.1 Å². The fourth-order valence-electron chi connectivity index (χ4n) is 3.03. The zero-order valence-electron chi connectivity index (χ0n) is 11.6. The number of rotatable bonds is 3. The largest absolute Gasteiger partial charge is 0.392 e. The van der Waals surface area contributed by atoms with Gasteiger partial charge in [0, 0.05) is 21.5 Å². The van der Waals surface area contributed by atoms with Crippen LogP contribution in [0.5, 0.6) is 0 Å². The summed E-state index contributed by atoms with van der Waals surface area (Å²) in [4.78, 5) is 0. The van der Waals surface area contributed by atoms with Crippen LogP contribution in [0.25, 0.3) is 0 Å². The van der Waals surface area contributed by atoms with Crippen molar-refractivity contribution in [1.82, 2.24) is 0 Å². The molecule has 1 aromatic rings. The zero-order chi connectivity index (χ0) is 13.4. The van der Waals surface area contributed by atoms with E-state index >= 15 is 0 Å². The van der Waals surface area contributed by atoms with Crippen LogP contribution in [0.2, 0.25) is 0 Å². The Morgan fingerprint density at radius 3 is 2.79 bits per heavy atom. The number of aliphatic hydroxyl groups excluding tert-OH is 1. The summed E-state index contributed by atoms with van der Waals surface area (Å²) in [6, 6.07) is 8.67. The second-order valence-corrected chi connectivity index (χ2v) is 8.85. The molecule has 3 heteroatoms. The first-order chi connectivity index (χ1) is 9.15. The first-order valence-corrected chi connectivity index (χ1v) is 9.17. The van der Waals surface area contributed by atoms with Gasteiger partial charge >= 0.3 is 0 Å². The number of hydrogen-bond donors (Lipinski definition) is 1. The van der Waals surface area contributed by atoms with Crippen LogP contribution < -0.4 is 0 Å². The average Bonchev–Trinajstić information content (AvgIpc) is 2.39. The Bertz CT molecular complexity index is 448. The highest BCUT2D eigenvalue weighted by atomic mass is 32.2. The summed E-state index contributed by atoms with van der Waals surface area (Å²) in [5.74, 6) is 1.69. The minimum absolute atomic E-state index is 0.147. The van der Waals surface area contributed by atoms with Gasteiger partial charge < -0.3 is 5.11 Å². The van der Waals surface area contributed by atoms with E-state index < -0.39 is 0 Å². The summed E-state index contributed by atoms with van der Waals surface area (Å²) < 4.78 is 0. The molecule has 1 fully saturated rings. The van der Waals surface area contributed by atoms with E-state index in [1.807, 2.05) is 23.5 Å². The average molecular weight is 294 g/mol. The Balaban J connectivity index is 1.57. The van der Waals surface area contributed by atoms with E-state index in [1.54, 1.807) is 0 Å². The summed E-state index contributed by atoms with van der Waals surface area (Å²) >= 11 is 4.01. The van der Waals surface area contributed by atoms with E-state index in [1.165, 1.54) is 11.1 Å². The van der Waals surface area contributed by atoms with Crippen LogP contribution >= 0.6 is 23.5 Å². The number of hydrogen-bond acceptors (Lipinski definition) is 3. The van der Waals surface area contributed by atoms with Gasteiger partial charge in [-0.1, -0.05) is 38.1 Å². The third-order valence-corrected chi connectivity index (χ3v) is 8.03. The van der Waals surface area contributed by atoms with Gasteiger partial charge in [0.1, 0.15) is 0 Å². The van der Waals surface area contributed by atoms with Gasteiger partial charge in [0.05, 0.1) is 6.10 Å². The normalized spacial score (nSPS) is 35.3. The summed E-state index contributed by atoms with van der Waals surface area (Å²) in [6.45, 7) is 4.59. The molecule has 104 valence electrons. The van der Waals surface area contributed by atoms with Gasteiger partial charge in [0.15, 0.2) is 0 Å². The molecule has 0 bridgehead atoms. The zero-order valence-corrected chi connectivity index (χ0v) is 13.2. The van der Waals surface area contributed by atoms with Gasteiger partial charge in [-0.25, -0.2) is 0 Å². The highest BCUT2D eigenvalue weighted by molar-refractivity contribution is 8.07. The van der Waals surface area contributed by atoms with E-state index in [0.717, 1.165) is 23.8 Å². The van der Waals surface area contributed by atoms with Crippen LogP contribution in [0.3, 0.4) is 0 Å². The first kappa shape index (κ1) is 13.8. The maximum absolute atomic E-state index is 10.5. The minimum atomic E-state index is -0.147. The van der Waals surface area contributed by atoms with Crippen molar-refractivity contribution >= 4 is 23.5 Å². The predicted octanol–water partition coefficient (Wildman–Crippen LogP) is 3.70. The molecule has 1 aliphatic heterocycles. The molecule has 0 saturated carbocycles. The molecule has 1 aromatic carbocycles. The van der Waals surface area contributed by atoms with Gasteiger partial charge in [-0.05, 0) is 29.9 Å². The third-order valence-electron chi connectivity index (χ3n) is 4.49. The lowest BCUT2D eigenvalue weighted by Crippen LogP contribution is -2.36. The van der Waals surface area contributed by atoms with E-state index in [0.29, 0.717) is 16.4 Å². The summed E-state index contributed by atoms with van der Waals surface area (Å²) in [5.41, 5.74) is 2.95. The minimum Gasteiger partial charge on any atom is -0.392 e. The van der Waals surface area contributed by atoms with Crippen molar-refractivity contribution in [1.29, 1.82) is 0 Å². The Labute approximate surface area is 124 Å². The topological polar surface area (TPSA) is 20.2 Å². The third kappa shape index (κ3) is 2.84. The molecular formula is C16H22OS2. The van der Waals surface area contributed by atoms with E-state index in [4.69, 9.17) is 0 Å². The summed E-state index contributed by atoms with van der Waals surface area (Å²) in [7, 11) is 0. The molecule has 5 unspecified atom stereocenters. The van der Waals surface area contributed by atoms with Gasteiger partial charge in [0.25, 0.3) is 0 Å². The molecule has 5 atom stereocenters. The van der Waals surface area contributed by atoms with Crippen molar-refractivity contribution in [2.24, 2.45) is 0 Å². The van der Waals surface area contributed by atoms with E-state index in [-0.39, 0.29) is 6.10 Å². The van der Waals surface area contributed by atoms with Crippen molar-refractivity contribution in [3.8, 4) is 0 Å². The maximum Gasteiger partial charge on any atom is 0.0672 e. The number of benzene rings is 1. The second-order valence-electron chi connectivity index (χ2n) is 5.82. The molecule has 0 amide bonds. The molecular weight excluding hydrogens is 272 g/mol. The quantitative estimate of drug-likeness (QED) is 0.918. The van der Waals surface area contributed by atoms with Crippen LogP contribution in [0.4, 0.5) is 0 Å². The molecule has 1 N–H and O–H groups in total. The molecule has 3 rings (SSSR count). The van der Waals surface area contributed by atoms with Crippen molar-refractivity contribution in [3.63, 3.8) is 0 Å². The Kier molecular flexibility index (Phi) is 4.16. The smallest absolute Gasteiger partial charge is 0.0672 e. The second kappa shape index (κ2) is 5.71. The lowest BCUT2D eigenvalue weighted by Gasteiger charge is -2.37. The molecule has 0 spiro atoms. The fourth-order valence-corrected chi connectivity index (χ4v) is 6.06. The molecule has 0 radical (unpaired) electrons. The van der Waals surface area contributed by atoms with Crippen molar-refractivity contribution in [2.75, 3.05) is 5.75 Å². The lowest BCUT2D eigenvalue weighted by molar-refractivity contribution is 0.153. The summed E-state index contributed by atoms with van der Waals surface area (Å²) in [5, 5.41) is 12.3. The molecule has 1 nitrogen and oxygen atoms in total. The monoisotopic (exact) mass is 294 g/mol. The number of thioether (sulfide) groups is 2. The fraction of sp³-hybridized carbons (Fsp3) is 0.625. The Morgan fingerprint density at radius 2 is 2.05 bits per heavy atom. The number of fused-ring (bicyclic) bond motifs is 1. The van der Waals surface area contributed by atoms with Crippen molar-refractivity contribution < 1.29 is 5.11 Å². The number of aliphatic hydroxyl groups is 1. The Morgan fingerprint density at radius 1 is 1.26 bits per heavy atom. The highest BCUT2D eigenvalue weighted by Crippen LogP contribution is 2.42. The molecule has 2 aliphatic rings. The van der Waals surface area contributed by atoms with E-state index in [9.17, 15) is 5.11 Å². The lowest BCUT2D eigenvalue weighted by atomic mass is 9.74.